The van der Waals surface area contributed by atoms with Crippen molar-refractivity contribution in [2.45, 2.75) is 20.4 Å². The van der Waals surface area contributed by atoms with Gasteiger partial charge in [0.15, 0.2) is 10.3 Å². The highest BCUT2D eigenvalue weighted by atomic mass is 35.5. The lowest BCUT2D eigenvalue weighted by Gasteiger charge is -2.09. The Kier molecular flexibility index (Phi) is 4.04. The van der Waals surface area contributed by atoms with Crippen LogP contribution in [0.4, 0.5) is 5.69 Å². The van der Waals surface area contributed by atoms with Gasteiger partial charge in [-0.3, -0.25) is 0 Å². The van der Waals surface area contributed by atoms with E-state index in [-0.39, 0.29) is 0 Å². The molecule has 2 rings (SSSR count). The van der Waals surface area contributed by atoms with E-state index in [2.05, 4.69) is 47.6 Å². The zero-order valence-corrected chi connectivity index (χ0v) is 11.7. The van der Waals surface area contributed by atoms with Gasteiger partial charge in [-0.15, -0.1) is 10.2 Å². The number of anilines is 1. The third-order valence-electron chi connectivity index (χ3n) is 2.77. The number of nitrogens with zero attached hydrogens (tertiary/aromatic N) is 2. The van der Waals surface area contributed by atoms with Gasteiger partial charge in [0.1, 0.15) is 0 Å². The average molecular weight is 282 g/mol. The molecule has 0 radical (unpaired) electrons. The van der Waals surface area contributed by atoms with Crippen molar-refractivity contribution in [2.24, 2.45) is 0 Å². The van der Waals surface area contributed by atoms with Crippen LogP contribution >= 0.6 is 23.2 Å². The molecule has 0 spiro atoms. The number of aryl methyl sites for hydroxylation is 2. The van der Waals surface area contributed by atoms with Gasteiger partial charge in [-0.25, -0.2) is 0 Å². The van der Waals surface area contributed by atoms with Crippen LogP contribution in [0.1, 0.15) is 16.7 Å². The Morgan fingerprint density at radius 3 is 2.56 bits per heavy atom. The number of rotatable bonds is 3. The first-order valence-electron chi connectivity index (χ1n) is 5.55. The molecule has 1 heterocycles. The van der Waals surface area contributed by atoms with Gasteiger partial charge in [-0.2, -0.15) is 0 Å². The Hall–Kier alpha value is -1.32. The molecule has 0 bridgehead atoms. The van der Waals surface area contributed by atoms with E-state index in [1.54, 1.807) is 6.07 Å². The van der Waals surface area contributed by atoms with E-state index in [4.69, 9.17) is 23.2 Å². The number of hydrogen-bond acceptors (Lipinski definition) is 3. The molecular weight excluding hydrogens is 269 g/mol. The maximum Gasteiger partial charge on any atom is 0.174 e. The molecule has 2 aromatic rings. The van der Waals surface area contributed by atoms with Gasteiger partial charge >= 0.3 is 0 Å². The van der Waals surface area contributed by atoms with Crippen molar-refractivity contribution in [2.75, 3.05) is 5.32 Å². The summed E-state index contributed by atoms with van der Waals surface area (Å²) in [6.45, 7) is 4.86. The molecule has 1 N–H and O–H groups in total. The number of benzene rings is 1. The SMILES string of the molecule is Cc1ccc(CNc2cc(Cl)nnc2Cl)cc1C. The number of halogens is 2. The van der Waals surface area contributed by atoms with E-state index >= 15 is 0 Å². The molecule has 0 aliphatic carbocycles. The largest absolute Gasteiger partial charge is 0.378 e. The number of nitrogens with one attached hydrogen (secondary N) is 1. The molecule has 18 heavy (non-hydrogen) atoms. The molecule has 0 aliphatic rings. The number of aromatic nitrogens is 2. The topological polar surface area (TPSA) is 37.8 Å². The van der Waals surface area contributed by atoms with E-state index < -0.39 is 0 Å². The second-order valence-corrected chi connectivity index (χ2v) is 4.89. The molecule has 0 saturated heterocycles. The van der Waals surface area contributed by atoms with Gasteiger partial charge < -0.3 is 5.32 Å². The third-order valence-corrected chi connectivity index (χ3v) is 3.24. The van der Waals surface area contributed by atoms with E-state index in [1.165, 1.54) is 16.7 Å². The van der Waals surface area contributed by atoms with E-state index in [1.807, 2.05) is 0 Å². The van der Waals surface area contributed by atoms with Crippen LogP contribution in [0.15, 0.2) is 24.3 Å². The highest BCUT2D eigenvalue weighted by Crippen LogP contribution is 2.21. The molecule has 1 aromatic carbocycles. The first-order chi connectivity index (χ1) is 8.56. The van der Waals surface area contributed by atoms with E-state index in [0.717, 1.165) is 0 Å². The minimum absolute atomic E-state index is 0.321. The van der Waals surface area contributed by atoms with Crippen molar-refractivity contribution in [1.82, 2.24) is 10.2 Å². The summed E-state index contributed by atoms with van der Waals surface area (Å²) >= 11 is 11.7. The Morgan fingerprint density at radius 1 is 1.06 bits per heavy atom. The molecule has 1 aromatic heterocycles. The smallest absolute Gasteiger partial charge is 0.174 e. The quantitative estimate of drug-likeness (QED) is 0.924. The lowest BCUT2D eigenvalue weighted by Crippen LogP contribution is -2.02. The van der Waals surface area contributed by atoms with Gasteiger partial charge in [-0.05, 0) is 30.5 Å². The highest BCUT2D eigenvalue weighted by molar-refractivity contribution is 6.33. The standard InChI is InChI=1S/C13H13Cl2N3/c1-8-3-4-10(5-9(8)2)7-16-11-6-12(14)17-18-13(11)15/h3-6H,7H2,1-2H3,(H,16,17). The predicted octanol–water partition coefficient (Wildman–Crippen LogP) is 4.01. The minimum atomic E-state index is 0.321. The molecule has 94 valence electrons. The molecule has 0 atom stereocenters. The van der Waals surface area contributed by atoms with Gasteiger partial charge in [-0.1, -0.05) is 41.4 Å². The van der Waals surface area contributed by atoms with Crippen molar-refractivity contribution in [3.05, 3.63) is 51.3 Å². The minimum Gasteiger partial charge on any atom is -0.378 e. The van der Waals surface area contributed by atoms with Gasteiger partial charge in [0.25, 0.3) is 0 Å². The van der Waals surface area contributed by atoms with Crippen LogP contribution in [0.25, 0.3) is 0 Å². The van der Waals surface area contributed by atoms with Crippen LogP contribution in [0.3, 0.4) is 0 Å². The van der Waals surface area contributed by atoms with Gasteiger partial charge in [0.05, 0.1) is 5.69 Å². The summed E-state index contributed by atoms with van der Waals surface area (Å²) in [6, 6.07) is 8.00. The maximum atomic E-state index is 5.92. The average Bonchev–Trinajstić information content (AvgIpc) is 2.34. The summed E-state index contributed by atoms with van der Waals surface area (Å²) in [5.41, 5.74) is 4.42. The number of hydrogen-bond donors (Lipinski definition) is 1. The Morgan fingerprint density at radius 2 is 1.83 bits per heavy atom. The summed E-state index contributed by atoms with van der Waals surface area (Å²) in [5.74, 6) is 0. The molecule has 0 amide bonds. The molecule has 0 aliphatic heterocycles. The van der Waals surface area contributed by atoms with Crippen LogP contribution in [0.2, 0.25) is 10.3 Å². The summed E-state index contributed by atoms with van der Waals surface area (Å²) in [5, 5.41) is 11.2. The molecule has 3 nitrogen and oxygen atoms in total. The molecule has 0 unspecified atom stereocenters. The summed E-state index contributed by atoms with van der Waals surface area (Å²) < 4.78 is 0. The Bertz CT molecular complexity index is 570. The summed E-state index contributed by atoms with van der Waals surface area (Å²) in [6.07, 6.45) is 0. The fraction of sp³-hybridized carbons (Fsp3) is 0.231. The second-order valence-electron chi connectivity index (χ2n) is 4.14. The zero-order valence-electron chi connectivity index (χ0n) is 10.2. The van der Waals surface area contributed by atoms with Gasteiger partial charge in [0.2, 0.25) is 0 Å². The highest BCUT2D eigenvalue weighted by Gasteiger charge is 2.04. The van der Waals surface area contributed by atoms with Crippen molar-refractivity contribution in [1.29, 1.82) is 0 Å². The monoisotopic (exact) mass is 281 g/mol. The molecule has 5 heteroatoms. The lowest BCUT2D eigenvalue weighted by molar-refractivity contribution is 1.02. The fourth-order valence-corrected chi connectivity index (χ4v) is 1.89. The van der Waals surface area contributed by atoms with Gasteiger partial charge in [0, 0.05) is 12.6 Å². The van der Waals surface area contributed by atoms with Crippen LogP contribution in [-0.2, 0) is 6.54 Å². The van der Waals surface area contributed by atoms with Crippen LogP contribution in [0, 0.1) is 13.8 Å². The molecule has 0 saturated carbocycles. The van der Waals surface area contributed by atoms with Crippen LogP contribution < -0.4 is 5.32 Å². The molecule has 0 fully saturated rings. The molecular formula is C13H13Cl2N3. The zero-order chi connectivity index (χ0) is 13.1. The van der Waals surface area contributed by atoms with Crippen molar-refractivity contribution < 1.29 is 0 Å². The van der Waals surface area contributed by atoms with E-state index in [9.17, 15) is 0 Å². The van der Waals surface area contributed by atoms with Crippen molar-refractivity contribution in [3.63, 3.8) is 0 Å². The Labute approximate surface area is 116 Å². The predicted molar refractivity (Wildman–Crippen MR) is 75.3 cm³/mol. The third kappa shape index (κ3) is 3.12. The normalized spacial score (nSPS) is 10.4. The second kappa shape index (κ2) is 5.55. The van der Waals surface area contributed by atoms with Crippen LogP contribution in [-0.4, -0.2) is 10.2 Å². The van der Waals surface area contributed by atoms with E-state index in [0.29, 0.717) is 22.5 Å². The first-order valence-corrected chi connectivity index (χ1v) is 6.30. The summed E-state index contributed by atoms with van der Waals surface area (Å²) in [4.78, 5) is 0. The maximum absolute atomic E-state index is 5.92. The summed E-state index contributed by atoms with van der Waals surface area (Å²) in [7, 11) is 0. The first kappa shape index (κ1) is 13.1. The fourth-order valence-electron chi connectivity index (χ4n) is 1.59. The van der Waals surface area contributed by atoms with Crippen molar-refractivity contribution in [3.8, 4) is 0 Å². The van der Waals surface area contributed by atoms with Crippen LogP contribution in [0.5, 0.6) is 0 Å². The Balaban J connectivity index is 2.11. The van der Waals surface area contributed by atoms with Crippen molar-refractivity contribution >= 4 is 28.9 Å². The lowest BCUT2D eigenvalue weighted by atomic mass is 10.1.